The normalized spacial score (nSPS) is 21.8. The first-order valence-electron chi connectivity index (χ1n) is 6.63. The average Bonchev–Trinajstić information content (AvgIpc) is 2.41. The van der Waals surface area contributed by atoms with Gasteiger partial charge >= 0.3 is 0 Å². The Bertz CT molecular complexity index is 367. The highest BCUT2D eigenvalue weighted by Crippen LogP contribution is 2.24. The van der Waals surface area contributed by atoms with Crippen LogP contribution in [-0.4, -0.2) is 12.7 Å². The maximum Gasteiger partial charge on any atom is 0.0575 e. The summed E-state index contributed by atoms with van der Waals surface area (Å²) in [5.74, 6) is 5.64. The highest BCUT2D eigenvalue weighted by Gasteiger charge is 2.17. The van der Waals surface area contributed by atoms with Gasteiger partial charge in [-0.05, 0) is 49.8 Å². The number of rotatable bonds is 5. The highest BCUT2D eigenvalue weighted by atomic mass is 35.5. The van der Waals surface area contributed by atoms with Gasteiger partial charge in [0, 0.05) is 17.7 Å². The smallest absolute Gasteiger partial charge is 0.0575 e. The first-order chi connectivity index (χ1) is 8.79. The second kappa shape index (κ2) is 7.10. The standard InChI is InChI=1S/C14H21ClN2O/c15-12-5-3-4-11(10-12)14(17-16)8-7-13-6-1-2-9-18-13/h3-5,10,13-14,17H,1-2,6-9,16H2. The van der Waals surface area contributed by atoms with Crippen LogP contribution in [0.2, 0.25) is 5.02 Å². The van der Waals surface area contributed by atoms with E-state index in [9.17, 15) is 0 Å². The van der Waals surface area contributed by atoms with Crippen molar-refractivity contribution in [3.05, 3.63) is 34.9 Å². The molecule has 0 saturated carbocycles. The van der Waals surface area contributed by atoms with Crippen LogP contribution in [-0.2, 0) is 4.74 Å². The second-order valence-electron chi connectivity index (χ2n) is 4.84. The molecule has 100 valence electrons. The van der Waals surface area contributed by atoms with Crippen molar-refractivity contribution in [3.63, 3.8) is 0 Å². The van der Waals surface area contributed by atoms with Gasteiger partial charge in [-0.2, -0.15) is 0 Å². The lowest BCUT2D eigenvalue weighted by atomic mass is 9.98. The van der Waals surface area contributed by atoms with E-state index in [1.165, 1.54) is 19.3 Å². The lowest BCUT2D eigenvalue weighted by Gasteiger charge is -2.25. The van der Waals surface area contributed by atoms with Crippen molar-refractivity contribution in [1.29, 1.82) is 0 Å². The predicted octanol–water partition coefficient (Wildman–Crippen LogP) is 3.19. The van der Waals surface area contributed by atoms with Gasteiger partial charge in [0.1, 0.15) is 0 Å². The van der Waals surface area contributed by atoms with Gasteiger partial charge in [-0.15, -0.1) is 0 Å². The van der Waals surface area contributed by atoms with Gasteiger partial charge in [-0.25, -0.2) is 0 Å². The van der Waals surface area contributed by atoms with Gasteiger partial charge in [0.05, 0.1) is 6.10 Å². The Morgan fingerprint density at radius 2 is 2.33 bits per heavy atom. The molecule has 1 heterocycles. The van der Waals surface area contributed by atoms with Gasteiger partial charge in [0.2, 0.25) is 0 Å². The Kier molecular flexibility index (Phi) is 5.45. The minimum atomic E-state index is 0.147. The zero-order chi connectivity index (χ0) is 12.8. The molecule has 0 radical (unpaired) electrons. The maximum absolute atomic E-state index is 6.00. The largest absolute Gasteiger partial charge is 0.378 e. The van der Waals surface area contributed by atoms with Crippen LogP contribution in [0.15, 0.2) is 24.3 Å². The second-order valence-corrected chi connectivity index (χ2v) is 5.28. The molecule has 1 fully saturated rings. The molecule has 4 heteroatoms. The van der Waals surface area contributed by atoms with E-state index in [1.54, 1.807) is 0 Å². The molecule has 0 bridgehead atoms. The number of benzene rings is 1. The van der Waals surface area contributed by atoms with Crippen molar-refractivity contribution in [3.8, 4) is 0 Å². The molecule has 1 saturated heterocycles. The lowest BCUT2D eigenvalue weighted by molar-refractivity contribution is 0.00854. The summed E-state index contributed by atoms with van der Waals surface area (Å²) < 4.78 is 5.74. The van der Waals surface area contributed by atoms with Crippen molar-refractivity contribution in [2.75, 3.05) is 6.61 Å². The van der Waals surface area contributed by atoms with E-state index in [1.807, 2.05) is 18.2 Å². The number of nitrogens with one attached hydrogen (secondary N) is 1. The van der Waals surface area contributed by atoms with E-state index in [4.69, 9.17) is 22.2 Å². The molecule has 3 nitrogen and oxygen atoms in total. The molecule has 0 aromatic heterocycles. The Balaban J connectivity index is 1.88. The molecule has 0 spiro atoms. The third-order valence-corrected chi connectivity index (χ3v) is 3.74. The molecule has 2 unspecified atom stereocenters. The maximum atomic E-state index is 6.00. The number of hydrazine groups is 1. The molecule has 18 heavy (non-hydrogen) atoms. The molecular formula is C14H21ClN2O. The SMILES string of the molecule is NNC(CCC1CCCCO1)c1cccc(Cl)c1. The third-order valence-electron chi connectivity index (χ3n) is 3.50. The topological polar surface area (TPSA) is 47.3 Å². The van der Waals surface area contributed by atoms with Crippen LogP contribution in [0.25, 0.3) is 0 Å². The fourth-order valence-corrected chi connectivity index (χ4v) is 2.66. The van der Waals surface area contributed by atoms with E-state index in [-0.39, 0.29) is 6.04 Å². The number of hydrogen-bond acceptors (Lipinski definition) is 3. The van der Waals surface area contributed by atoms with Gasteiger partial charge in [-0.3, -0.25) is 11.3 Å². The summed E-state index contributed by atoms with van der Waals surface area (Å²) in [6.07, 6.45) is 6.07. The summed E-state index contributed by atoms with van der Waals surface area (Å²) in [5, 5.41) is 0.752. The summed E-state index contributed by atoms with van der Waals surface area (Å²) in [4.78, 5) is 0. The number of ether oxygens (including phenoxy) is 1. The quantitative estimate of drug-likeness (QED) is 0.637. The highest BCUT2D eigenvalue weighted by molar-refractivity contribution is 6.30. The Morgan fingerprint density at radius 1 is 1.44 bits per heavy atom. The zero-order valence-corrected chi connectivity index (χ0v) is 11.3. The number of hydrogen-bond donors (Lipinski definition) is 2. The van der Waals surface area contributed by atoms with Gasteiger partial charge in [-0.1, -0.05) is 23.7 Å². The van der Waals surface area contributed by atoms with E-state index >= 15 is 0 Å². The fourth-order valence-electron chi connectivity index (χ4n) is 2.46. The van der Waals surface area contributed by atoms with Crippen LogP contribution >= 0.6 is 11.6 Å². The number of halogens is 1. The zero-order valence-electron chi connectivity index (χ0n) is 10.6. The van der Waals surface area contributed by atoms with Crippen molar-refractivity contribution in [2.45, 2.75) is 44.2 Å². The van der Waals surface area contributed by atoms with Crippen molar-refractivity contribution in [2.24, 2.45) is 5.84 Å². The summed E-state index contributed by atoms with van der Waals surface area (Å²) in [6, 6.07) is 8.00. The van der Waals surface area contributed by atoms with Crippen molar-refractivity contribution < 1.29 is 4.74 Å². The van der Waals surface area contributed by atoms with Crippen LogP contribution < -0.4 is 11.3 Å². The fraction of sp³-hybridized carbons (Fsp3) is 0.571. The van der Waals surface area contributed by atoms with Crippen LogP contribution in [0.3, 0.4) is 0 Å². The summed E-state index contributed by atoms with van der Waals surface area (Å²) in [7, 11) is 0. The molecule has 0 aliphatic carbocycles. The van der Waals surface area contributed by atoms with E-state index < -0.39 is 0 Å². The molecule has 2 atom stereocenters. The Labute approximate surface area is 114 Å². The van der Waals surface area contributed by atoms with Crippen molar-refractivity contribution >= 4 is 11.6 Å². The van der Waals surface area contributed by atoms with Crippen LogP contribution in [0.5, 0.6) is 0 Å². The Hall–Kier alpha value is -0.610. The van der Waals surface area contributed by atoms with Crippen molar-refractivity contribution in [1.82, 2.24) is 5.43 Å². The van der Waals surface area contributed by atoms with Gasteiger partial charge in [0.25, 0.3) is 0 Å². The van der Waals surface area contributed by atoms with E-state index in [0.29, 0.717) is 6.10 Å². The molecule has 3 N–H and O–H groups in total. The molecule has 0 amide bonds. The molecule has 1 aliphatic heterocycles. The monoisotopic (exact) mass is 268 g/mol. The third kappa shape index (κ3) is 3.95. The summed E-state index contributed by atoms with van der Waals surface area (Å²) in [6.45, 7) is 0.905. The first kappa shape index (κ1) is 13.8. The number of nitrogens with two attached hydrogens (primary N) is 1. The van der Waals surface area contributed by atoms with Gasteiger partial charge < -0.3 is 4.74 Å². The molecule has 1 aliphatic rings. The predicted molar refractivity (Wildman–Crippen MR) is 74.3 cm³/mol. The molecular weight excluding hydrogens is 248 g/mol. The van der Waals surface area contributed by atoms with Crippen LogP contribution in [0.4, 0.5) is 0 Å². The lowest BCUT2D eigenvalue weighted by Crippen LogP contribution is -2.29. The minimum Gasteiger partial charge on any atom is -0.378 e. The van der Waals surface area contributed by atoms with Crippen LogP contribution in [0.1, 0.15) is 43.7 Å². The minimum absolute atomic E-state index is 0.147. The summed E-state index contributed by atoms with van der Waals surface area (Å²) in [5.41, 5.74) is 4.01. The molecule has 1 aromatic rings. The van der Waals surface area contributed by atoms with Gasteiger partial charge in [0.15, 0.2) is 0 Å². The van der Waals surface area contributed by atoms with E-state index in [2.05, 4.69) is 11.5 Å². The Morgan fingerprint density at radius 3 is 3.00 bits per heavy atom. The molecule has 2 rings (SSSR count). The average molecular weight is 269 g/mol. The summed E-state index contributed by atoms with van der Waals surface area (Å²) >= 11 is 6.00. The molecule has 1 aromatic carbocycles. The van der Waals surface area contributed by atoms with Crippen LogP contribution in [0, 0.1) is 0 Å². The first-order valence-corrected chi connectivity index (χ1v) is 7.00. The van der Waals surface area contributed by atoms with E-state index in [0.717, 1.165) is 30.0 Å².